The van der Waals surface area contributed by atoms with Crippen molar-refractivity contribution in [3.63, 3.8) is 0 Å². The Labute approximate surface area is 157 Å². The molecule has 0 radical (unpaired) electrons. The van der Waals surface area contributed by atoms with Gasteiger partial charge in [0, 0.05) is 32.9 Å². The number of nitrogens with zero attached hydrogens (tertiary/aromatic N) is 4. The van der Waals surface area contributed by atoms with Crippen molar-refractivity contribution in [2.75, 3.05) is 25.0 Å². The van der Waals surface area contributed by atoms with Crippen molar-refractivity contribution >= 4 is 29.1 Å². The van der Waals surface area contributed by atoms with E-state index in [1.165, 1.54) is 4.68 Å². The number of anilines is 1. The van der Waals surface area contributed by atoms with Crippen molar-refractivity contribution in [2.24, 2.45) is 7.05 Å². The first-order valence-corrected chi connectivity index (χ1v) is 9.10. The second kappa shape index (κ2) is 5.84. The van der Waals surface area contributed by atoms with E-state index >= 15 is 0 Å². The summed E-state index contributed by atoms with van der Waals surface area (Å²) in [6.45, 7) is 2.76. The highest BCUT2D eigenvalue weighted by molar-refractivity contribution is 6.34. The van der Waals surface area contributed by atoms with Crippen LogP contribution in [-0.4, -0.2) is 46.6 Å². The normalized spacial score (nSPS) is 22.2. The SMILES string of the molecule is Cc1nn(C)c(C(=O)N2CCCC3(C2)C(=O)N(C)c2ccccc23)c1Cl. The van der Waals surface area contributed by atoms with Crippen molar-refractivity contribution in [2.45, 2.75) is 25.2 Å². The highest BCUT2D eigenvalue weighted by Crippen LogP contribution is 2.46. The number of fused-ring (bicyclic) bond motifs is 2. The van der Waals surface area contributed by atoms with Gasteiger partial charge in [-0.1, -0.05) is 29.8 Å². The van der Waals surface area contributed by atoms with Gasteiger partial charge >= 0.3 is 0 Å². The number of benzene rings is 1. The maximum atomic E-state index is 13.2. The molecule has 3 heterocycles. The van der Waals surface area contributed by atoms with Crippen molar-refractivity contribution < 1.29 is 9.59 Å². The third-order valence-electron chi connectivity index (χ3n) is 5.63. The van der Waals surface area contributed by atoms with E-state index in [0.29, 0.717) is 29.5 Å². The molecule has 2 aliphatic rings. The van der Waals surface area contributed by atoms with Crippen LogP contribution in [0.1, 0.15) is 34.6 Å². The van der Waals surface area contributed by atoms with E-state index in [-0.39, 0.29) is 11.8 Å². The van der Waals surface area contributed by atoms with Crippen LogP contribution < -0.4 is 4.90 Å². The summed E-state index contributed by atoms with van der Waals surface area (Å²) in [4.78, 5) is 29.7. The van der Waals surface area contributed by atoms with Gasteiger partial charge in [-0.2, -0.15) is 5.10 Å². The van der Waals surface area contributed by atoms with Gasteiger partial charge in [-0.25, -0.2) is 0 Å². The molecule has 1 aromatic carbocycles. The van der Waals surface area contributed by atoms with E-state index in [4.69, 9.17) is 11.6 Å². The quantitative estimate of drug-likeness (QED) is 0.773. The van der Waals surface area contributed by atoms with Crippen LogP contribution in [0.2, 0.25) is 5.02 Å². The van der Waals surface area contributed by atoms with Crippen LogP contribution in [0.25, 0.3) is 0 Å². The second-order valence-electron chi connectivity index (χ2n) is 7.17. The summed E-state index contributed by atoms with van der Waals surface area (Å²) in [5.41, 5.74) is 2.29. The van der Waals surface area contributed by atoms with E-state index < -0.39 is 5.41 Å². The van der Waals surface area contributed by atoms with Crippen LogP contribution in [0.4, 0.5) is 5.69 Å². The predicted molar refractivity (Wildman–Crippen MR) is 99.6 cm³/mol. The van der Waals surface area contributed by atoms with Crippen LogP contribution >= 0.6 is 11.6 Å². The largest absolute Gasteiger partial charge is 0.336 e. The van der Waals surface area contributed by atoms with E-state index in [0.717, 1.165) is 24.1 Å². The van der Waals surface area contributed by atoms with Crippen molar-refractivity contribution in [3.05, 3.63) is 46.2 Å². The molecule has 7 heteroatoms. The zero-order valence-electron chi connectivity index (χ0n) is 15.1. The maximum absolute atomic E-state index is 13.2. The number of likely N-dealkylation sites (tertiary alicyclic amines) is 1. The topological polar surface area (TPSA) is 58.4 Å². The molecule has 1 atom stereocenters. The molecule has 1 aromatic heterocycles. The Morgan fingerprint density at radius 2 is 2.00 bits per heavy atom. The van der Waals surface area contributed by atoms with Crippen LogP contribution in [0.3, 0.4) is 0 Å². The summed E-state index contributed by atoms with van der Waals surface area (Å²) < 4.78 is 1.53. The number of para-hydroxylation sites is 1. The number of likely N-dealkylation sites (N-methyl/N-ethyl adjacent to an activating group) is 1. The predicted octanol–water partition coefficient (Wildman–Crippen LogP) is 2.53. The summed E-state index contributed by atoms with van der Waals surface area (Å²) in [6, 6.07) is 7.86. The average molecular weight is 373 g/mol. The van der Waals surface area contributed by atoms with Gasteiger partial charge in [0.25, 0.3) is 5.91 Å². The Hall–Kier alpha value is -2.34. The summed E-state index contributed by atoms with van der Waals surface area (Å²) >= 11 is 6.31. The molecule has 0 saturated carbocycles. The molecule has 6 nitrogen and oxygen atoms in total. The maximum Gasteiger partial charge on any atom is 0.273 e. The van der Waals surface area contributed by atoms with Gasteiger partial charge in [-0.15, -0.1) is 0 Å². The molecule has 0 N–H and O–H groups in total. The van der Waals surface area contributed by atoms with Gasteiger partial charge in [0.15, 0.2) is 0 Å². The summed E-state index contributed by atoms with van der Waals surface area (Å²) in [5, 5.41) is 4.62. The van der Waals surface area contributed by atoms with Crippen LogP contribution in [0.15, 0.2) is 24.3 Å². The number of aryl methyl sites for hydroxylation is 2. The minimum atomic E-state index is -0.667. The molecule has 1 saturated heterocycles. The molecule has 1 spiro atoms. The van der Waals surface area contributed by atoms with Crippen molar-refractivity contribution in [1.29, 1.82) is 0 Å². The Balaban J connectivity index is 1.73. The van der Waals surface area contributed by atoms with E-state index in [9.17, 15) is 9.59 Å². The molecule has 0 aliphatic carbocycles. The molecule has 2 amide bonds. The van der Waals surface area contributed by atoms with Crippen molar-refractivity contribution in [1.82, 2.24) is 14.7 Å². The molecule has 0 bridgehead atoms. The van der Waals surface area contributed by atoms with Gasteiger partial charge in [-0.3, -0.25) is 14.3 Å². The minimum absolute atomic E-state index is 0.0588. The summed E-state index contributed by atoms with van der Waals surface area (Å²) in [6.07, 6.45) is 1.52. The molecule has 1 fully saturated rings. The lowest BCUT2D eigenvalue weighted by atomic mass is 9.75. The number of aromatic nitrogens is 2. The monoisotopic (exact) mass is 372 g/mol. The Kier molecular flexibility index (Phi) is 3.84. The minimum Gasteiger partial charge on any atom is -0.336 e. The van der Waals surface area contributed by atoms with Crippen LogP contribution in [0.5, 0.6) is 0 Å². The molecule has 4 rings (SSSR count). The van der Waals surface area contributed by atoms with E-state index in [1.807, 2.05) is 24.3 Å². The molecular weight excluding hydrogens is 352 g/mol. The highest BCUT2D eigenvalue weighted by atomic mass is 35.5. The lowest BCUT2D eigenvalue weighted by Gasteiger charge is -2.39. The third-order valence-corrected chi connectivity index (χ3v) is 6.08. The number of carbonyl (C=O) groups is 2. The standard InChI is InChI=1S/C19H21ClN4O2/c1-12-15(20)16(23(3)21-12)17(25)24-10-6-9-19(11-24)13-7-4-5-8-14(13)22(2)18(19)26/h4-5,7-8H,6,9-11H2,1-3H3. The van der Waals surface area contributed by atoms with Gasteiger partial charge in [-0.05, 0) is 31.4 Å². The Bertz CT molecular complexity index is 922. The highest BCUT2D eigenvalue weighted by Gasteiger charge is 2.52. The zero-order chi connectivity index (χ0) is 18.6. The van der Waals surface area contributed by atoms with Gasteiger partial charge in [0.2, 0.25) is 5.91 Å². The van der Waals surface area contributed by atoms with Gasteiger partial charge < -0.3 is 9.80 Å². The number of amides is 2. The Morgan fingerprint density at radius 1 is 1.27 bits per heavy atom. The van der Waals surface area contributed by atoms with E-state index in [2.05, 4.69) is 5.10 Å². The number of hydrogen-bond acceptors (Lipinski definition) is 3. The lowest BCUT2D eigenvalue weighted by Crippen LogP contribution is -2.53. The average Bonchev–Trinajstić information content (AvgIpc) is 3.01. The molecule has 2 aliphatic heterocycles. The molecule has 2 aromatic rings. The number of piperidine rings is 1. The van der Waals surface area contributed by atoms with Crippen LogP contribution in [0, 0.1) is 6.92 Å². The fourth-order valence-corrected chi connectivity index (χ4v) is 4.60. The first-order valence-electron chi connectivity index (χ1n) is 8.73. The second-order valence-corrected chi connectivity index (χ2v) is 7.54. The van der Waals surface area contributed by atoms with Gasteiger partial charge in [0.05, 0.1) is 16.1 Å². The lowest BCUT2D eigenvalue weighted by molar-refractivity contribution is -0.124. The van der Waals surface area contributed by atoms with Gasteiger partial charge in [0.1, 0.15) is 5.69 Å². The first-order chi connectivity index (χ1) is 12.4. The number of carbonyl (C=O) groups excluding carboxylic acids is 2. The fraction of sp³-hybridized carbons (Fsp3) is 0.421. The van der Waals surface area contributed by atoms with E-state index in [1.54, 1.807) is 30.8 Å². The fourth-order valence-electron chi connectivity index (χ4n) is 4.35. The molecule has 1 unspecified atom stereocenters. The number of hydrogen-bond donors (Lipinski definition) is 0. The third kappa shape index (κ3) is 2.21. The molecular formula is C19H21ClN4O2. The van der Waals surface area contributed by atoms with Crippen molar-refractivity contribution in [3.8, 4) is 0 Å². The number of rotatable bonds is 1. The summed E-state index contributed by atoms with van der Waals surface area (Å²) in [7, 11) is 3.52. The molecule has 26 heavy (non-hydrogen) atoms. The smallest absolute Gasteiger partial charge is 0.273 e. The summed E-state index contributed by atoms with van der Waals surface area (Å²) in [5.74, 6) is -0.111. The first kappa shape index (κ1) is 17.1. The number of halogens is 1. The zero-order valence-corrected chi connectivity index (χ0v) is 15.9. The Morgan fingerprint density at radius 3 is 2.69 bits per heavy atom. The van der Waals surface area contributed by atoms with Crippen LogP contribution in [-0.2, 0) is 17.3 Å². The molecule has 136 valence electrons.